The van der Waals surface area contributed by atoms with Gasteiger partial charge in [0, 0.05) is 23.7 Å². The number of aromatic nitrogens is 3. The summed E-state index contributed by atoms with van der Waals surface area (Å²) in [4.78, 5) is 14.3. The van der Waals surface area contributed by atoms with E-state index in [4.69, 9.17) is 16.3 Å². The van der Waals surface area contributed by atoms with Crippen molar-refractivity contribution in [1.82, 2.24) is 15.0 Å². The summed E-state index contributed by atoms with van der Waals surface area (Å²) in [6.07, 6.45) is 2.92. The van der Waals surface area contributed by atoms with Crippen LogP contribution in [0.15, 0.2) is 12.3 Å². The average molecular weight is 327 g/mol. The Balaban J connectivity index is 2.08. The third-order valence-electron chi connectivity index (χ3n) is 2.83. The highest BCUT2D eigenvalue weighted by Gasteiger charge is 2.12. The van der Waals surface area contributed by atoms with Crippen molar-refractivity contribution in [3.63, 3.8) is 0 Å². The van der Waals surface area contributed by atoms with Crippen molar-refractivity contribution in [2.45, 2.75) is 39.8 Å². The van der Waals surface area contributed by atoms with Crippen molar-refractivity contribution >= 4 is 28.8 Å². The fourth-order valence-electron chi connectivity index (χ4n) is 1.77. The Bertz CT molecular complexity index is 590. The van der Waals surface area contributed by atoms with Crippen LogP contribution in [0, 0.1) is 0 Å². The zero-order valence-corrected chi connectivity index (χ0v) is 14.0. The first kappa shape index (κ1) is 16.1. The van der Waals surface area contributed by atoms with Gasteiger partial charge in [0.2, 0.25) is 0 Å². The number of rotatable bonds is 7. The molecule has 0 aliphatic rings. The molecule has 0 radical (unpaired) electrons. The first-order valence-electron chi connectivity index (χ1n) is 6.94. The van der Waals surface area contributed by atoms with E-state index in [1.807, 2.05) is 13.1 Å². The predicted molar refractivity (Wildman–Crippen MR) is 85.9 cm³/mol. The Morgan fingerprint density at radius 1 is 1.38 bits per heavy atom. The van der Waals surface area contributed by atoms with Gasteiger partial charge in [0.1, 0.15) is 22.6 Å². The largest absolute Gasteiger partial charge is 0.374 e. The minimum Gasteiger partial charge on any atom is -0.374 e. The van der Waals surface area contributed by atoms with E-state index < -0.39 is 0 Å². The molecule has 2 aromatic heterocycles. The molecule has 0 saturated carbocycles. The van der Waals surface area contributed by atoms with Gasteiger partial charge < -0.3 is 10.1 Å². The first-order chi connectivity index (χ1) is 10.1. The van der Waals surface area contributed by atoms with Crippen LogP contribution in [-0.4, -0.2) is 21.6 Å². The molecule has 0 bridgehead atoms. The van der Waals surface area contributed by atoms with Crippen LogP contribution in [0.4, 0.5) is 5.82 Å². The number of halogens is 1. The normalized spacial score (nSPS) is 12.4. The molecule has 21 heavy (non-hydrogen) atoms. The molecule has 5 nitrogen and oxygen atoms in total. The second kappa shape index (κ2) is 7.68. The summed E-state index contributed by atoms with van der Waals surface area (Å²) in [5.41, 5.74) is 0. The number of thiazole rings is 1. The van der Waals surface area contributed by atoms with Crippen LogP contribution < -0.4 is 5.32 Å². The maximum Gasteiger partial charge on any atom is 0.158 e. The molecule has 2 heterocycles. The van der Waals surface area contributed by atoms with Crippen molar-refractivity contribution in [2.24, 2.45) is 0 Å². The van der Waals surface area contributed by atoms with E-state index in [2.05, 4.69) is 34.1 Å². The van der Waals surface area contributed by atoms with E-state index in [1.54, 1.807) is 17.4 Å². The zero-order valence-electron chi connectivity index (χ0n) is 12.4. The summed E-state index contributed by atoms with van der Waals surface area (Å²) in [5, 5.41) is 4.75. The van der Waals surface area contributed by atoms with E-state index in [1.165, 1.54) is 4.88 Å². The van der Waals surface area contributed by atoms with Crippen molar-refractivity contribution in [3.05, 3.63) is 33.1 Å². The summed E-state index contributed by atoms with van der Waals surface area (Å²) in [6.45, 7) is 7.08. The molecule has 2 aromatic rings. The molecule has 2 rings (SSSR count). The molecule has 0 aliphatic heterocycles. The fraction of sp³-hybridized carbons (Fsp3) is 0.500. The van der Waals surface area contributed by atoms with Crippen molar-refractivity contribution in [1.29, 1.82) is 0 Å². The maximum absolute atomic E-state index is 6.03. The van der Waals surface area contributed by atoms with Gasteiger partial charge in [-0.1, -0.05) is 18.5 Å². The Morgan fingerprint density at radius 2 is 2.19 bits per heavy atom. The highest BCUT2D eigenvalue weighted by atomic mass is 35.5. The van der Waals surface area contributed by atoms with Crippen LogP contribution in [0.3, 0.4) is 0 Å². The van der Waals surface area contributed by atoms with Crippen molar-refractivity contribution in [2.75, 3.05) is 11.9 Å². The molecule has 114 valence electrons. The van der Waals surface area contributed by atoms with Crippen LogP contribution in [-0.2, 0) is 17.8 Å². The van der Waals surface area contributed by atoms with Gasteiger partial charge in [0.05, 0.1) is 6.04 Å². The van der Waals surface area contributed by atoms with Crippen molar-refractivity contribution in [3.8, 4) is 0 Å². The molecule has 1 atom stereocenters. The second-order valence-corrected chi connectivity index (χ2v) is 6.05. The molecular weight excluding hydrogens is 308 g/mol. The van der Waals surface area contributed by atoms with Crippen LogP contribution >= 0.6 is 22.9 Å². The Labute approximate surface area is 133 Å². The number of ether oxygens (including phenoxy) is 1. The first-order valence-corrected chi connectivity index (χ1v) is 8.14. The lowest BCUT2D eigenvalue weighted by Crippen LogP contribution is -2.10. The molecule has 0 saturated heterocycles. The molecule has 7 heteroatoms. The summed E-state index contributed by atoms with van der Waals surface area (Å²) >= 11 is 7.73. The predicted octanol–water partition coefficient (Wildman–Crippen LogP) is 3.86. The lowest BCUT2D eigenvalue weighted by atomic mass is 10.3. The topological polar surface area (TPSA) is 59.9 Å². The summed E-state index contributed by atoms with van der Waals surface area (Å²) in [5.74, 6) is 1.26. The third kappa shape index (κ3) is 4.62. The van der Waals surface area contributed by atoms with E-state index in [0.29, 0.717) is 30.0 Å². The number of nitrogens with one attached hydrogen (secondary N) is 1. The second-order valence-electron chi connectivity index (χ2n) is 4.51. The molecule has 0 amide bonds. The van der Waals surface area contributed by atoms with Crippen LogP contribution in [0.5, 0.6) is 0 Å². The van der Waals surface area contributed by atoms with E-state index >= 15 is 0 Å². The van der Waals surface area contributed by atoms with Crippen LogP contribution in [0.1, 0.15) is 42.5 Å². The van der Waals surface area contributed by atoms with Gasteiger partial charge in [-0.15, -0.1) is 11.3 Å². The van der Waals surface area contributed by atoms with Gasteiger partial charge in [-0.3, -0.25) is 0 Å². The highest BCUT2D eigenvalue weighted by Crippen LogP contribution is 2.24. The Kier molecular flexibility index (Phi) is 5.90. The maximum atomic E-state index is 6.03. The molecule has 0 aromatic carbocycles. The molecule has 0 fully saturated rings. The lowest BCUT2D eigenvalue weighted by molar-refractivity contribution is 0.128. The summed E-state index contributed by atoms with van der Waals surface area (Å²) in [7, 11) is 0. The van der Waals surface area contributed by atoms with Gasteiger partial charge in [-0.25, -0.2) is 15.0 Å². The minimum atomic E-state index is 0.0706. The fourth-order valence-corrected chi connectivity index (χ4v) is 2.83. The lowest BCUT2D eigenvalue weighted by Gasteiger charge is -2.13. The molecular formula is C14H19ClN4OS. The monoisotopic (exact) mass is 326 g/mol. The van der Waals surface area contributed by atoms with E-state index in [9.17, 15) is 0 Å². The molecule has 1 N–H and O–H groups in total. The summed E-state index contributed by atoms with van der Waals surface area (Å²) in [6, 6.07) is 1.78. The van der Waals surface area contributed by atoms with Gasteiger partial charge in [0.15, 0.2) is 5.82 Å². The SMILES string of the molecule is CCOCc1nc(Cl)cc(NC(C)c2ncc(CC)s2)n1. The molecule has 0 spiro atoms. The quantitative estimate of drug-likeness (QED) is 0.783. The number of hydrogen-bond acceptors (Lipinski definition) is 6. The standard InChI is InChI=1S/C14H19ClN4OS/c1-4-10-7-16-14(21-10)9(3)17-12-6-11(15)18-13(19-12)8-20-5-2/h6-7,9H,4-5,8H2,1-3H3,(H,17,18,19). The van der Waals surface area contributed by atoms with Crippen molar-refractivity contribution < 1.29 is 4.74 Å². The zero-order chi connectivity index (χ0) is 15.2. The van der Waals surface area contributed by atoms with Gasteiger partial charge in [-0.05, 0) is 20.3 Å². The third-order valence-corrected chi connectivity index (χ3v) is 4.35. The minimum absolute atomic E-state index is 0.0706. The number of hydrogen-bond donors (Lipinski definition) is 1. The average Bonchev–Trinajstić information content (AvgIpc) is 2.93. The Morgan fingerprint density at radius 3 is 2.86 bits per heavy atom. The highest BCUT2D eigenvalue weighted by molar-refractivity contribution is 7.11. The number of aryl methyl sites for hydroxylation is 1. The van der Waals surface area contributed by atoms with Gasteiger partial charge in [0.25, 0.3) is 0 Å². The van der Waals surface area contributed by atoms with Gasteiger partial charge in [-0.2, -0.15) is 0 Å². The van der Waals surface area contributed by atoms with Gasteiger partial charge >= 0.3 is 0 Å². The van der Waals surface area contributed by atoms with E-state index in [0.717, 1.165) is 11.4 Å². The smallest absolute Gasteiger partial charge is 0.158 e. The van der Waals surface area contributed by atoms with E-state index in [-0.39, 0.29) is 6.04 Å². The number of anilines is 1. The molecule has 0 aliphatic carbocycles. The molecule has 1 unspecified atom stereocenters. The number of nitrogens with zero attached hydrogens (tertiary/aromatic N) is 3. The summed E-state index contributed by atoms with van der Waals surface area (Å²) < 4.78 is 5.32. The Hall–Kier alpha value is -1.24. The van der Waals surface area contributed by atoms with Crippen LogP contribution in [0.2, 0.25) is 5.15 Å². The van der Waals surface area contributed by atoms with Crippen LogP contribution in [0.25, 0.3) is 0 Å².